The summed E-state index contributed by atoms with van der Waals surface area (Å²) in [5, 5.41) is 0. The first kappa shape index (κ1) is 51.1. The Morgan fingerprint density at radius 2 is 0.525 bits per heavy atom. The van der Waals surface area contributed by atoms with Crippen LogP contribution < -0.4 is 0 Å². The van der Waals surface area contributed by atoms with Crippen LogP contribution >= 0.6 is 7.82 Å². The van der Waals surface area contributed by atoms with Gasteiger partial charge in [0.05, 0.1) is 18.3 Å². The standard InChI is InChI=1S/C54H87O4P/c1-4-7-10-13-16-19-22-25-37-46-52(49-40-31-28-32-41-49)56-59(55,57-53(50-42-33-29-34-43-50)47-38-26-23-20-17-14-11-8-5-2)58-54(51-44-35-30-36-45-51)48-39-27-24-21-18-15-12-9-6-3/h28-36,40-45,52-54H,4-27,37-39,46-48H2,1-3H3. The van der Waals surface area contributed by atoms with Gasteiger partial charge in [0.1, 0.15) is 0 Å². The molecule has 0 saturated heterocycles. The highest BCUT2D eigenvalue weighted by molar-refractivity contribution is 7.48. The van der Waals surface area contributed by atoms with Gasteiger partial charge in [-0.15, -0.1) is 0 Å². The van der Waals surface area contributed by atoms with Gasteiger partial charge >= 0.3 is 7.82 Å². The van der Waals surface area contributed by atoms with E-state index in [0.29, 0.717) is 0 Å². The zero-order valence-corrected chi connectivity index (χ0v) is 39.1. The van der Waals surface area contributed by atoms with Gasteiger partial charge in [0.2, 0.25) is 0 Å². The second-order valence-corrected chi connectivity index (χ2v) is 18.8. The van der Waals surface area contributed by atoms with Crippen molar-refractivity contribution in [3.8, 4) is 0 Å². The number of benzene rings is 3. The predicted octanol–water partition coefficient (Wildman–Crippen LogP) is 19.1. The molecule has 3 aromatic rings. The maximum atomic E-state index is 15.7. The molecule has 3 unspecified atom stereocenters. The van der Waals surface area contributed by atoms with Crippen LogP contribution in [-0.2, 0) is 18.1 Å². The number of unbranched alkanes of at least 4 members (excludes halogenated alkanes) is 24. The van der Waals surface area contributed by atoms with Crippen molar-refractivity contribution in [3.63, 3.8) is 0 Å². The fraction of sp³-hybridized carbons (Fsp3) is 0.667. The van der Waals surface area contributed by atoms with Gasteiger partial charge < -0.3 is 0 Å². The van der Waals surface area contributed by atoms with Gasteiger partial charge in [-0.05, 0) is 36.0 Å². The fourth-order valence-corrected chi connectivity index (χ4v) is 10.1. The molecule has 59 heavy (non-hydrogen) atoms. The van der Waals surface area contributed by atoms with Gasteiger partial charge in [0, 0.05) is 0 Å². The number of rotatable bonds is 39. The Balaban J connectivity index is 1.82. The highest BCUT2D eigenvalue weighted by Gasteiger charge is 2.38. The largest absolute Gasteiger partial charge is 0.476 e. The summed E-state index contributed by atoms with van der Waals surface area (Å²) in [4.78, 5) is 0. The van der Waals surface area contributed by atoms with E-state index in [4.69, 9.17) is 13.6 Å². The van der Waals surface area contributed by atoms with Gasteiger partial charge in [-0.1, -0.05) is 285 Å². The second-order valence-electron chi connectivity index (χ2n) is 17.3. The topological polar surface area (TPSA) is 44.8 Å². The van der Waals surface area contributed by atoms with Crippen molar-refractivity contribution in [1.82, 2.24) is 0 Å². The Morgan fingerprint density at radius 3 is 0.746 bits per heavy atom. The highest BCUT2D eigenvalue weighted by Crippen LogP contribution is 2.60. The summed E-state index contributed by atoms with van der Waals surface area (Å²) < 4.78 is 36.4. The molecule has 0 amide bonds. The zero-order valence-electron chi connectivity index (χ0n) is 38.2. The van der Waals surface area contributed by atoms with E-state index in [0.717, 1.165) is 74.5 Å². The van der Waals surface area contributed by atoms with Crippen molar-refractivity contribution in [1.29, 1.82) is 0 Å². The monoisotopic (exact) mass is 831 g/mol. The molecule has 0 bridgehead atoms. The van der Waals surface area contributed by atoms with Crippen molar-refractivity contribution >= 4 is 7.82 Å². The van der Waals surface area contributed by atoms with E-state index in [9.17, 15) is 0 Å². The van der Waals surface area contributed by atoms with E-state index in [2.05, 4.69) is 93.6 Å². The zero-order chi connectivity index (χ0) is 41.9. The smallest absolute Gasteiger partial charge is 0.279 e. The lowest BCUT2D eigenvalue weighted by molar-refractivity contribution is 0.0211. The molecule has 0 aliphatic rings. The van der Waals surface area contributed by atoms with Crippen LogP contribution in [0.5, 0.6) is 0 Å². The molecule has 0 radical (unpaired) electrons. The quantitative estimate of drug-likeness (QED) is 0.0424. The summed E-state index contributed by atoms with van der Waals surface area (Å²) in [7, 11) is -4.12. The molecular formula is C54H87O4P. The van der Waals surface area contributed by atoms with E-state index in [1.807, 2.05) is 18.2 Å². The number of phosphoric acid groups is 1. The first-order valence-electron chi connectivity index (χ1n) is 24.9. The van der Waals surface area contributed by atoms with E-state index in [1.54, 1.807) is 0 Å². The van der Waals surface area contributed by atoms with E-state index < -0.39 is 7.82 Å². The van der Waals surface area contributed by atoms with Crippen molar-refractivity contribution in [2.75, 3.05) is 0 Å². The number of phosphoric ester groups is 1. The molecule has 332 valence electrons. The summed E-state index contributed by atoms with van der Waals surface area (Å²) in [6.07, 6.45) is 35.0. The Bertz CT molecular complexity index is 1230. The third-order valence-corrected chi connectivity index (χ3v) is 13.5. The molecule has 0 spiro atoms. The molecular weight excluding hydrogens is 744 g/mol. The SMILES string of the molecule is CCCCCCCCCCCC(OP(=O)(OC(CCCCCCCCCCC)c1ccccc1)OC(CCCCCCCCCCC)c1ccccc1)c1ccccc1. The van der Waals surface area contributed by atoms with Crippen LogP contribution in [0.2, 0.25) is 0 Å². The second kappa shape index (κ2) is 34.4. The molecule has 0 aliphatic carbocycles. The fourth-order valence-electron chi connectivity index (χ4n) is 8.31. The Morgan fingerprint density at radius 1 is 0.322 bits per heavy atom. The molecule has 0 aliphatic heterocycles. The first-order chi connectivity index (χ1) is 29.1. The molecule has 0 heterocycles. The number of hydrogen-bond acceptors (Lipinski definition) is 4. The molecule has 5 heteroatoms. The van der Waals surface area contributed by atoms with Gasteiger partial charge in [-0.3, -0.25) is 13.6 Å². The molecule has 4 nitrogen and oxygen atoms in total. The third-order valence-electron chi connectivity index (χ3n) is 12.0. The van der Waals surface area contributed by atoms with Gasteiger partial charge in [0.25, 0.3) is 0 Å². The molecule has 3 aromatic carbocycles. The van der Waals surface area contributed by atoms with Gasteiger partial charge in [-0.25, -0.2) is 4.57 Å². The van der Waals surface area contributed by atoms with Crippen molar-refractivity contribution in [2.24, 2.45) is 0 Å². The molecule has 0 aromatic heterocycles. The van der Waals surface area contributed by atoms with Crippen LogP contribution in [0, 0.1) is 0 Å². The predicted molar refractivity (Wildman–Crippen MR) is 254 cm³/mol. The maximum Gasteiger partial charge on any atom is 0.476 e. The molecule has 3 rings (SSSR count). The van der Waals surface area contributed by atoms with Crippen LogP contribution in [0.4, 0.5) is 0 Å². The van der Waals surface area contributed by atoms with Gasteiger partial charge in [-0.2, -0.15) is 0 Å². The average molecular weight is 831 g/mol. The summed E-state index contributed by atoms with van der Waals surface area (Å²) in [5.41, 5.74) is 3.10. The van der Waals surface area contributed by atoms with Crippen molar-refractivity contribution < 1.29 is 18.1 Å². The van der Waals surface area contributed by atoms with E-state index >= 15 is 4.57 Å². The van der Waals surface area contributed by atoms with Crippen LogP contribution in [-0.4, -0.2) is 0 Å². The lowest BCUT2D eigenvalue weighted by Crippen LogP contribution is -2.13. The van der Waals surface area contributed by atoms with Crippen molar-refractivity contribution in [2.45, 2.75) is 232 Å². The van der Waals surface area contributed by atoms with Gasteiger partial charge in [0.15, 0.2) is 0 Å². The van der Waals surface area contributed by atoms with Crippen molar-refractivity contribution in [3.05, 3.63) is 108 Å². The van der Waals surface area contributed by atoms with E-state index in [-0.39, 0.29) is 18.3 Å². The lowest BCUT2D eigenvalue weighted by Gasteiger charge is -2.31. The Labute approximate surface area is 364 Å². The normalized spacial score (nSPS) is 14.2. The highest BCUT2D eigenvalue weighted by atomic mass is 31.2. The molecule has 0 fully saturated rings. The molecule has 0 N–H and O–H groups in total. The lowest BCUT2D eigenvalue weighted by atomic mass is 10.0. The van der Waals surface area contributed by atoms with E-state index in [1.165, 1.54) is 135 Å². The molecule has 0 saturated carbocycles. The number of hydrogen-bond donors (Lipinski definition) is 0. The average Bonchev–Trinajstić information content (AvgIpc) is 3.27. The summed E-state index contributed by atoms with van der Waals surface area (Å²) in [6.45, 7) is 6.83. The van der Waals surface area contributed by atoms with Crippen LogP contribution in [0.1, 0.15) is 248 Å². The Kier molecular flexibility index (Phi) is 29.8. The van der Waals surface area contributed by atoms with Crippen LogP contribution in [0.25, 0.3) is 0 Å². The van der Waals surface area contributed by atoms with Crippen LogP contribution in [0.15, 0.2) is 91.0 Å². The summed E-state index contributed by atoms with van der Waals surface area (Å²) in [6, 6.07) is 31.1. The molecule has 3 atom stereocenters. The van der Waals surface area contributed by atoms with Crippen LogP contribution in [0.3, 0.4) is 0 Å². The maximum absolute atomic E-state index is 15.7. The Hall–Kier alpha value is -2.23. The minimum atomic E-state index is -4.12. The summed E-state index contributed by atoms with van der Waals surface area (Å²) in [5.74, 6) is 0. The third kappa shape index (κ3) is 24.1. The minimum Gasteiger partial charge on any atom is -0.279 e. The first-order valence-corrected chi connectivity index (χ1v) is 26.3. The summed E-state index contributed by atoms with van der Waals surface area (Å²) >= 11 is 0. The minimum absolute atomic E-state index is 0.389.